The number of halogens is 5. The normalized spacial score (nSPS) is 12.0. The Kier molecular flexibility index (Phi) is 10.9. The standard InChI is InChI=1S/C15H22F4N4.HI/c1-20-14(22-10-12-4-6-13(16)7-5-12)21-8-3-9-23(2)11-15(17,18)19;/h4-7H,3,8-11H2,1-2H3,(H2,20,21,22);1H. The molecular formula is C15H23F4IN4. The van der Waals surface area contributed by atoms with Crippen LogP contribution < -0.4 is 10.6 Å². The van der Waals surface area contributed by atoms with Crippen LogP contribution in [0.15, 0.2) is 29.3 Å². The van der Waals surface area contributed by atoms with Gasteiger partial charge in [0.05, 0.1) is 6.54 Å². The number of benzene rings is 1. The minimum Gasteiger partial charge on any atom is -0.356 e. The number of nitrogens with one attached hydrogen (secondary N) is 2. The van der Waals surface area contributed by atoms with E-state index in [9.17, 15) is 17.6 Å². The van der Waals surface area contributed by atoms with Crippen LogP contribution in [0.5, 0.6) is 0 Å². The Balaban J connectivity index is 0.00000529. The van der Waals surface area contributed by atoms with Crippen LogP contribution in [0, 0.1) is 5.82 Å². The van der Waals surface area contributed by atoms with Gasteiger partial charge in [0.25, 0.3) is 0 Å². The lowest BCUT2D eigenvalue weighted by atomic mass is 10.2. The first kappa shape index (κ1) is 22.9. The van der Waals surface area contributed by atoms with E-state index >= 15 is 0 Å². The average Bonchev–Trinajstić information content (AvgIpc) is 2.46. The summed E-state index contributed by atoms with van der Waals surface area (Å²) in [5, 5.41) is 6.08. The summed E-state index contributed by atoms with van der Waals surface area (Å²) in [6.07, 6.45) is -3.61. The van der Waals surface area contributed by atoms with Crippen molar-refractivity contribution in [1.29, 1.82) is 0 Å². The molecule has 0 heterocycles. The fourth-order valence-electron chi connectivity index (χ4n) is 1.95. The van der Waals surface area contributed by atoms with Gasteiger partial charge in [0.15, 0.2) is 5.96 Å². The monoisotopic (exact) mass is 462 g/mol. The van der Waals surface area contributed by atoms with Crippen molar-refractivity contribution in [1.82, 2.24) is 15.5 Å². The van der Waals surface area contributed by atoms with E-state index in [-0.39, 0.29) is 29.8 Å². The molecule has 1 aromatic carbocycles. The number of hydrogen-bond acceptors (Lipinski definition) is 2. The Bertz CT molecular complexity index is 491. The second-order valence-corrected chi connectivity index (χ2v) is 5.19. The number of rotatable bonds is 7. The van der Waals surface area contributed by atoms with Gasteiger partial charge in [-0.1, -0.05) is 12.1 Å². The Morgan fingerprint density at radius 3 is 2.33 bits per heavy atom. The fourth-order valence-corrected chi connectivity index (χ4v) is 1.95. The zero-order valence-corrected chi connectivity index (χ0v) is 16.0. The lowest BCUT2D eigenvalue weighted by molar-refractivity contribution is -0.143. The third kappa shape index (κ3) is 10.6. The molecule has 0 amide bonds. The highest BCUT2D eigenvalue weighted by Crippen LogP contribution is 2.15. The zero-order chi connectivity index (χ0) is 17.3. The highest BCUT2D eigenvalue weighted by molar-refractivity contribution is 14.0. The molecule has 0 unspecified atom stereocenters. The molecule has 0 fully saturated rings. The lowest BCUT2D eigenvalue weighted by Gasteiger charge is -2.19. The van der Waals surface area contributed by atoms with E-state index < -0.39 is 12.7 Å². The summed E-state index contributed by atoms with van der Waals surface area (Å²) in [4.78, 5) is 5.26. The molecule has 1 rings (SSSR count). The molecule has 0 aliphatic carbocycles. The van der Waals surface area contributed by atoms with Crippen molar-refractivity contribution in [2.45, 2.75) is 19.1 Å². The van der Waals surface area contributed by atoms with Crippen LogP contribution in [0.3, 0.4) is 0 Å². The Morgan fingerprint density at radius 2 is 1.79 bits per heavy atom. The van der Waals surface area contributed by atoms with Crippen LogP contribution in [-0.4, -0.2) is 50.8 Å². The minimum atomic E-state index is -4.17. The number of aliphatic imine (C=N–C) groups is 1. The average molecular weight is 462 g/mol. The number of guanidine groups is 1. The largest absolute Gasteiger partial charge is 0.401 e. The summed E-state index contributed by atoms with van der Waals surface area (Å²) < 4.78 is 49.3. The molecule has 4 nitrogen and oxygen atoms in total. The van der Waals surface area contributed by atoms with Crippen LogP contribution in [0.4, 0.5) is 17.6 Å². The minimum absolute atomic E-state index is 0. The fraction of sp³-hybridized carbons (Fsp3) is 0.533. The number of hydrogen-bond donors (Lipinski definition) is 2. The van der Waals surface area contributed by atoms with Crippen molar-refractivity contribution in [3.8, 4) is 0 Å². The van der Waals surface area contributed by atoms with Gasteiger partial charge >= 0.3 is 6.18 Å². The van der Waals surface area contributed by atoms with E-state index in [4.69, 9.17) is 0 Å². The highest BCUT2D eigenvalue weighted by Gasteiger charge is 2.28. The molecule has 2 N–H and O–H groups in total. The molecule has 0 aliphatic heterocycles. The van der Waals surface area contributed by atoms with E-state index in [1.54, 1.807) is 19.2 Å². The zero-order valence-electron chi connectivity index (χ0n) is 13.7. The summed E-state index contributed by atoms with van der Waals surface area (Å²) in [7, 11) is 3.05. The molecule has 0 aromatic heterocycles. The first-order valence-corrected chi connectivity index (χ1v) is 7.24. The topological polar surface area (TPSA) is 39.7 Å². The smallest absolute Gasteiger partial charge is 0.356 e. The predicted molar refractivity (Wildman–Crippen MR) is 98.2 cm³/mol. The van der Waals surface area contributed by atoms with Gasteiger partial charge in [-0.15, -0.1) is 24.0 Å². The van der Waals surface area contributed by atoms with Crippen LogP contribution in [0.1, 0.15) is 12.0 Å². The molecule has 1 aromatic rings. The van der Waals surface area contributed by atoms with Gasteiger partial charge in [0.2, 0.25) is 0 Å². The Hall–Kier alpha value is -1.10. The van der Waals surface area contributed by atoms with Gasteiger partial charge in [0, 0.05) is 20.1 Å². The van der Waals surface area contributed by atoms with Gasteiger partial charge in [-0.3, -0.25) is 9.89 Å². The van der Waals surface area contributed by atoms with Gasteiger partial charge in [-0.05, 0) is 37.7 Å². The third-order valence-electron chi connectivity index (χ3n) is 3.06. The molecule has 0 saturated carbocycles. The van der Waals surface area contributed by atoms with Gasteiger partial charge in [-0.25, -0.2) is 4.39 Å². The van der Waals surface area contributed by atoms with Crippen LogP contribution in [-0.2, 0) is 6.54 Å². The van der Waals surface area contributed by atoms with Crippen molar-refractivity contribution in [2.75, 3.05) is 33.7 Å². The first-order chi connectivity index (χ1) is 10.8. The molecule has 0 atom stereocenters. The lowest BCUT2D eigenvalue weighted by Crippen LogP contribution is -2.39. The van der Waals surface area contributed by atoms with Crippen LogP contribution in [0.2, 0.25) is 0 Å². The number of nitrogens with zero attached hydrogens (tertiary/aromatic N) is 2. The van der Waals surface area contributed by atoms with Crippen molar-refractivity contribution in [3.63, 3.8) is 0 Å². The molecule has 0 radical (unpaired) electrons. The maximum atomic E-state index is 12.8. The molecule has 0 saturated heterocycles. The molecule has 138 valence electrons. The van der Waals surface area contributed by atoms with Gasteiger partial charge in [0.1, 0.15) is 5.82 Å². The highest BCUT2D eigenvalue weighted by atomic mass is 127. The Morgan fingerprint density at radius 1 is 1.17 bits per heavy atom. The van der Waals surface area contributed by atoms with Gasteiger partial charge in [-0.2, -0.15) is 13.2 Å². The maximum Gasteiger partial charge on any atom is 0.401 e. The van der Waals surface area contributed by atoms with Crippen molar-refractivity contribution < 1.29 is 17.6 Å². The molecule has 9 heteroatoms. The van der Waals surface area contributed by atoms with E-state index in [2.05, 4.69) is 15.6 Å². The second-order valence-electron chi connectivity index (χ2n) is 5.19. The molecule has 0 spiro atoms. The van der Waals surface area contributed by atoms with Crippen LogP contribution in [0.25, 0.3) is 0 Å². The summed E-state index contributed by atoms with van der Waals surface area (Å²) in [6.45, 7) is 0.408. The molecule has 0 aliphatic rings. The third-order valence-corrected chi connectivity index (χ3v) is 3.06. The quantitative estimate of drug-likeness (QED) is 0.215. The van der Waals surface area contributed by atoms with Crippen LogP contribution >= 0.6 is 24.0 Å². The van der Waals surface area contributed by atoms with Crippen molar-refractivity contribution in [2.24, 2.45) is 4.99 Å². The van der Waals surface area contributed by atoms with Crippen molar-refractivity contribution >= 4 is 29.9 Å². The SMILES string of the molecule is CN=C(NCCCN(C)CC(F)(F)F)NCc1ccc(F)cc1.I. The molecule has 24 heavy (non-hydrogen) atoms. The first-order valence-electron chi connectivity index (χ1n) is 7.24. The Labute approximate surface area is 156 Å². The second kappa shape index (κ2) is 11.5. The molecular weight excluding hydrogens is 439 g/mol. The predicted octanol–water partition coefficient (Wildman–Crippen LogP) is 2.99. The van der Waals surface area contributed by atoms with E-state index in [1.807, 2.05) is 0 Å². The number of alkyl halides is 3. The van der Waals surface area contributed by atoms with Gasteiger partial charge < -0.3 is 10.6 Å². The van der Waals surface area contributed by atoms with E-state index in [0.717, 1.165) is 5.56 Å². The molecule has 0 bridgehead atoms. The summed E-state index contributed by atoms with van der Waals surface area (Å²) in [6, 6.07) is 6.09. The summed E-state index contributed by atoms with van der Waals surface area (Å²) in [5.74, 6) is 0.257. The van der Waals surface area contributed by atoms with E-state index in [0.29, 0.717) is 32.0 Å². The van der Waals surface area contributed by atoms with Crippen molar-refractivity contribution in [3.05, 3.63) is 35.6 Å². The maximum absolute atomic E-state index is 12.8. The summed E-state index contributed by atoms with van der Waals surface area (Å²) in [5.41, 5.74) is 0.902. The summed E-state index contributed by atoms with van der Waals surface area (Å²) >= 11 is 0. The van der Waals surface area contributed by atoms with E-state index in [1.165, 1.54) is 24.1 Å².